The number of ether oxygens (including phenoxy) is 1. The first-order valence-corrected chi connectivity index (χ1v) is 5.42. The van der Waals surface area contributed by atoms with Crippen LogP contribution in [0.3, 0.4) is 0 Å². The maximum Gasteiger partial charge on any atom is 0.308 e. The van der Waals surface area contributed by atoms with Crippen LogP contribution >= 0.6 is 0 Å². The zero-order valence-electron chi connectivity index (χ0n) is 9.14. The zero-order chi connectivity index (χ0) is 10.1. The van der Waals surface area contributed by atoms with Gasteiger partial charge in [0.1, 0.15) is 0 Å². The van der Waals surface area contributed by atoms with Crippen LogP contribution in [0.5, 0.6) is 0 Å². The largest absolute Gasteiger partial charge is 0.466 e. The molecule has 0 aliphatic carbocycles. The van der Waals surface area contributed by atoms with E-state index in [0.29, 0.717) is 6.61 Å². The molecule has 0 aromatic rings. The van der Waals surface area contributed by atoms with Crippen LogP contribution in [0.25, 0.3) is 0 Å². The average Bonchev–Trinajstić information content (AvgIpc) is 2.12. The second kappa shape index (κ2) is 8.09. The van der Waals surface area contributed by atoms with Crippen molar-refractivity contribution in [3.63, 3.8) is 0 Å². The molecule has 0 unspecified atom stereocenters. The van der Waals surface area contributed by atoms with Gasteiger partial charge in [-0.05, 0) is 19.8 Å². The predicted octanol–water partition coefficient (Wildman–Crippen LogP) is 3.16. The van der Waals surface area contributed by atoms with E-state index < -0.39 is 0 Å². The van der Waals surface area contributed by atoms with Crippen LogP contribution < -0.4 is 0 Å². The molecule has 0 saturated heterocycles. The van der Waals surface area contributed by atoms with Gasteiger partial charge in [0.05, 0.1) is 12.5 Å². The molecular formula is C11H22O2. The zero-order valence-corrected chi connectivity index (χ0v) is 9.14. The van der Waals surface area contributed by atoms with Crippen molar-refractivity contribution in [2.24, 2.45) is 5.92 Å². The third kappa shape index (κ3) is 5.67. The summed E-state index contributed by atoms with van der Waals surface area (Å²) in [7, 11) is 0. The lowest BCUT2D eigenvalue weighted by Gasteiger charge is -2.13. The van der Waals surface area contributed by atoms with Gasteiger partial charge < -0.3 is 4.74 Å². The molecule has 0 aliphatic heterocycles. The van der Waals surface area contributed by atoms with Crippen LogP contribution in [0.1, 0.15) is 52.9 Å². The van der Waals surface area contributed by atoms with Crippen LogP contribution in [0.4, 0.5) is 0 Å². The summed E-state index contributed by atoms with van der Waals surface area (Å²) in [5, 5.41) is 0. The Balaban J connectivity index is 3.83. The van der Waals surface area contributed by atoms with E-state index in [1.807, 2.05) is 6.92 Å². The van der Waals surface area contributed by atoms with Crippen LogP contribution in [-0.2, 0) is 9.53 Å². The smallest absolute Gasteiger partial charge is 0.308 e. The van der Waals surface area contributed by atoms with Crippen molar-refractivity contribution in [2.75, 3.05) is 6.61 Å². The van der Waals surface area contributed by atoms with Crippen molar-refractivity contribution in [3.8, 4) is 0 Å². The highest BCUT2D eigenvalue weighted by atomic mass is 16.5. The van der Waals surface area contributed by atoms with E-state index in [-0.39, 0.29) is 11.9 Å². The number of rotatable bonds is 7. The lowest BCUT2D eigenvalue weighted by Crippen LogP contribution is -2.17. The molecule has 0 aliphatic rings. The highest BCUT2D eigenvalue weighted by Gasteiger charge is 2.17. The first-order chi connectivity index (χ1) is 6.26. The van der Waals surface area contributed by atoms with E-state index in [1.54, 1.807) is 0 Å². The second-order valence-corrected chi connectivity index (χ2v) is 3.38. The van der Waals surface area contributed by atoms with Crippen LogP contribution in [0.15, 0.2) is 0 Å². The number of hydrogen-bond acceptors (Lipinski definition) is 2. The Morgan fingerprint density at radius 2 is 1.85 bits per heavy atom. The molecule has 0 aromatic carbocycles. The molecule has 0 fully saturated rings. The minimum atomic E-state index is -0.00204. The summed E-state index contributed by atoms with van der Waals surface area (Å²) < 4.78 is 5.01. The number of carbonyl (C=O) groups is 1. The minimum absolute atomic E-state index is 0.00204. The van der Waals surface area contributed by atoms with E-state index in [4.69, 9.17) is 4.74 Å². The Bertz CT molecular complexity index is 132. The van der Waals surface area contributed by atoms with E-state index in [9.17, 15) is 4.79 Å². The molecule has 13 heavy (non-hydrogen) atoms. The van der Waals surface area contributed by atoms with Crippen molar-refractivity contribution < 1.29 is 9.53 Å². The summed E-state index contributed by atoms with van der Waals surface area (Å²) in [6, 6.07) is 0. The summed E-state index contributed by atoms with van der Waals surface area (Å²) in [5.41, 5.74) is 0. The topological polar surface area (TPSA) is 26.3 Å². The van der Waals surface area contributed by atoms with Crippen LogP contribution in [0, 0.1) is 5.92 Å². The van der Waals surface area contributed by atoms with Crippen molar-refractivity contribution in [1.29, 1.82) is 0 Å². The second-order valence-electron chi connectivity index (χ2n) is 3.38. The highest BCUT2D eigenvalue weighted by Crippen LogP contribution is 2.16. The van der Waals surface area contributed by atoms with Gasteiger partial charge in [0.25, 0.3) is 0 Å². The van der Waals surface area contributed by atoms with E-state index in [0.717, 1.165) is 32.1 Å². The standard InChI is InChI=1S/C11H22O2/c1-4-7-9-10(8-5-2)11(12)13-6-3/h10H,4-9H2,1-3H3/t10-/m1/s1. The molecule has 2 nitrogen and oxygen atoms in total. The summed E-state index contributed by atoms with van der Waals surface area (Å²) in [5.74, 6) is 0.141. The van der Waals surface area contributed by atoms with Crippen molar-refractivity contribution >= 4 is 5.97 Å². The molecule has 2 heteroatoms. The molecule has 0 N–H and O–H groups in total. The molecule has 0 spiro atoms. The van der Waals surface area contributed by atoms with E-state index in [2.05, 4.69) is 13.8 Å². The van der Waals surface area contributed by atoms with Gasteiger partial charge in [0.15, 0.2) is 0 Å². The summed E-state index contributed by atoms with van der Waals surface area (Å²) in [6.07, 6.45) is 5.30. The molecule has 0 saturated carbocycles. The Hall–Kier alpha value is -0.530. The maximum atomic E-state index is 11.4. The summed E-state index contributed by atoms with van der Waals surface area (Å²) in [4.78, 5) is 11.4. The Morgan fingerprint density at radius 1 is 1.15 bits per heavy atom. The van der Waals surface area contributed by atoms with Gasteiger partial charge >= 0.3 is 5.97 Å². The van der Waals surface area contributed by atoms with Gasteiger partial charge in [-0.25, -0.2) is 0 Å². The van der Waals surface area contributed by atoms with Crippen molar-refractivity contribution in [3.05, 3.63) is 0 Å². The highest BCUT2D eigenvalue weighted by molar-refractivity contribution is 5.72. The van der Waals surface area contributed by atoms with Gasteiger partial charge in [-0.1, -0.05) is 33.1 Å². The van der Waals surface area contributed by atoms with Gasteiger partial charge in [0, 0.05) is 0 Å². The number of unbranched alkanes of at least 4 members (excludes halogenated alkanes) is 1. The first kappa shape index (κ1) is 12.5. The first-order valence-electron chi connectivity index (χ1n) is 5.42. The normalized spacial score (nSPS) is 12.5. The van der Waals surface area contributed by atoms with E-state index in [1.165, 1.54) is 0 Å². The quantitative estimate of drug-likeness (QED) is 0.571. The van der Waals surface area contributed by atoms with Crippen molar-refractivity contribution in [2.45, 2.75) is 52.9 Å². The van der Waals surface area contributed by atoms with Gasteiger partial charge in [-0.15, -0.1) is 0 Å². The predicted molar refractivity (Wildman–Crippen MR) is 54.6 cm³/mol. The summed E-state index contributed by atoms with van der Waals surface area (Å²) >= 11 is 0. The van der Waals surface area contributed by atoms with E-state index >= 15 is 0 Å². The third-order valence-electron chi connectivity index (χ3n) is 2.16. The molecule has 78 valence electrons. The molecule has 0 radical (unpaired) electrons. The van der Waals surface area contributed by atoms with Gasteiger partial charge in [-0.2, -0.15) is 0 Å². The Labute approximate surface area is 81.7 Å². The average molecular weight is 186 g/mol. The lowest BCUT2D eigenvalue weighted by molar-refractivity contribution is -0.148. The maximum absolute atomic E-state index is 11.4. The molecular weight excluding hydrogens is 164 g/mol. The monoisotopic (exact) mass is 186 g/mol. The fraction of sp³-hybridized carbons (Fsp3) is 0.909. The van der Waals surface area contributed by atoms with Gasteiger partial charge in [0.2, 0.25) is 0 Å². The SMILES string of the molecule is CCCC[C@@H](CCC)C(=O)OCC. The third-order valence-corrected chi connectivity index (χ3v) is 2.16. The minimum Gasteiger partial charge on any atom is -0.466 e. The van der Waals surface area contributed by atoms with Crippen molar-refractivity contribution in [1.82, 2.24) is 0 Å². The van der Waals surface area contributed by atoms with Crippen LogP contribution in [0.2, 0.25) is 0 Å². The fourth-order valence-corrected chi connectivity index (χ4v) is 1.44. The lowest BCUT2D eigenvalue weighted by atomic mass is 9.97. The summed E-state index contributed by atoms with van der Waals surface area (Å²) in [6.45, 7) is 6.62. The molecule has 0 amide bonds. The Morgan fingerprint density at radius 3 is 2.31 bits per heavy atom. The van der Waals surface area contributed by atoms with Gasteiger partial charge in [-0.3, -0.25) is 4.79 Å². The molecule has 0 bridgehead atoms. The Kier molecular flexibility index (Phi) is 7.76. The molecule has 0 heterocycles. The molecule has 0 rings (SSSR count). The fourth-order valence-electron chi connectivity index (χ4n) is 1.44. The number of carbonyl (C=O) groups excluding carboxylic acids is 1. The molecule has 0 aromatic heterocycles. The van der Waals surface area contributed by atoms with Crippen LogP contribution in [-0.4, -0.2) is 12.6 Å². The molecule has 1 atom stereocenters. The number of esters is 1. The number of hydrogen-bond donors (Lipinski definition) is 0.